The predicted molar refractivity (Wildman–Crippen MR) is 78.7 cm³/mol. The van der Waals surface area contributed by atoms with Gasteiger partial charge in [-0.25, -0.2) is 9.97 Å². The highest BCUT2D eigenvalue weighted by molar-refractivity contribution is 9.10. The number of halogens is 4. The second-order valence-corrected chi connectivity index (χ2v) is 5.53. The number of aromatic nitrogens is 2. The van der Waals surface area contributed by atoms with Gasteiger partial charge in [-0.2, -0.15) is 13.2 Å². The number of anilines is 2. The van der Waals surface area contributed by atoms with Gasteiger partial charge in [0.25, 0.3) is 0 Å². The van der Waals surface area contributed by atoms with E-state index in [1.54, 1.807) is 11.9 Å². The molecular weight excluding hydrogens is 347 g/mol. The molecule has 0 aliphatic heterocycles. The molecule has 1 aromatic carbocycles. The van der Waals surface area contributed by atoms with Crippen molar-refractivity contribution in [1.82, 2.24) is 9.97 Å². The summed E-state index contributed by atoms with van der Waals surface area (Å²) in [4.78, 5) is 10.2. The zero-order valence-corrected chi connectivity index (χ0v) is 13.2. The van der Waals surface area contributed by atoms with E-state index in [2.05, 4.69) is 25.9 Å². The van der Waals surface area contributed by atoms with Crippen LogP contribution in [0.5, 0.6) is 0 Å². The number of hydrogen-bond acceptors (Lipinski definition) is 3. The molecule has 0 saturated heterocycles. The van der Waals surface area contributed by atoms with Crippen molar-refractivity contribution in [3.05, 3.63) is 45.7 Å². The third-order valence-corrected chi connectivity index (χ3v) is 3.54. The molecule has 1 aromatic heterocycles. The fourth-order valence-corrected chi connectivity index (χ4v) is 2.57. The van der Waals surface area contributed by atoms with E-state index in [9.17, 15) is 13.2 Å². The Morgan fingerprint density at radius 3 is 2.10 bits per heavy atom. The first kappa shape index (κ1) is 15.8. The molecule has 0 amide bonds. The third-order valence-electron chi connectivity index (χ3n) is 2.91. The smallest absolute Gasteiger partial charge is 0.312 e. The SMILES string of the molecule is Cc1cc(C)nc(N(C)c2ccc(C(F)(F)F)cc2Br)n1. The summed E-state index contributed by atoms with van der Waals surface area (Å²) in [6, 6.07) is 5.32. The van der Waals surface area contributed by atoms with Crippen LogP contribution in [0.15, 0.2) is 28.7 Å². The summed E-state index contributed by atoms with van der Waals surface area (Å²) in [5.74, 6) is 0.438. The van der Waals surface area contributed by atoms with Crippen molar-refractivity contribution >= 4 is 27.6 Å². The summed E-state index contributed by atoms with van der Waals surface area (Å²) in [6.45, 7) is 3.68. The second kappa shape index (κ2) is 5.63. The van der Waals surface area contributed by atoms with E-state index >= 15 is 0 Å². The fraction of sp³-hybridized carbons (Fsp3) is 0.286. The Labute approximate surface area is 129 Å². The Morgan fingerprint density at radius 1 is 1.05 bits per heavy atom. The van der Waals surface area contributed by atoms with Gasteiger partial charge >= 0.3 is 6.18 Å². The van der Waals surface area contributed by atoms with E-state index in [1.807, 2.05) is 19.9 Å². The molecule has 2 rings (SSSR count). The average Bonchev–Trinajstić information content (AvgIpc) is 2.35. The average molecular weight is 360 g/mol. The highest BCUT2D eigenvalue weighted by atomic mass is 79.9. The number of alkyl halides is 3. The lowest BCUT2D eigenvalue weighted by Crippen LogP contribution is -2.15. The van der Waals surface area contributed by atoms with Crippen LogP contribution in [0.3, 0.4) is 0 Å². The van der Waals surface area contributed by atoms with E-state index < -0.39 is 11.7 Å². The molecule has 2 aromatic rings. The normalized spacial score (nSPS) is 11.6. The van der Waals surface area contributed by atoms with Gasteiger partial charge in [-0.15, -0.1) is 0 Å². The number of hydrogen-bond donors (Lipinski definition) is 0. The van der Waals surface area contributed by atoms with E-state index in [-0.39, 0.29) is 0 Å². The Hall–Kier alpha value is -1.63. The summed E-state index contributed by atoms with van der Waals surface area (Å²) in [7, 11) is 1.71. The lowest BCUT2D eigenvalue weighted by atomic mass is 10.2. The van der Waals surface area contributed by atoms with Crippen LogP contribution in [0.4, 0.5) is 24.8 Å². The predicted octanol–water partition coefficient (Wildman–Crippen LogP) is 4.64. The van der Waals surface area contributed by atoms with Gasteiger partial charge in [-0.3, -0.25) is 0 Å². The lowest BCUT2D eigenvalue weighted by molar-refractivity contribution is -0.137. The molecule has 21 heavy (non-hydrogen) atoms. The van der Waals surface area contributed by atoms with Gasteiger partial charge in [0.1, 0.15) is 0 Å². The largest absolute Gasteiger partial charge is 0.416 e. The number of rotatable bonds is 2. The monoisotopic (exact) mass is 359 g/mol. The maximum atomic E-state index is 12.7. The second-order valence-electron chi connectivity index (χ2n) is 4.67. The molecule has 0 radical (unpaired) electrons. The van der Waals surface area contributed by atoms with Crippen molar-refractivity contribution in [1.29, 1.82) is 0 Å². The van der Waals surface area contributed by atoms with Crippen LogP contribution in [0.2, 0.25) is 0 Å². The molecule has 0 aliphatic rings. The van der Waals surface area contributed by atoms with E-state index in [0.717, 1.165) is 23.5 Å². The molecule has 0 N–H and O–H groups in total. The number of nitrogens with zero attached hydrogens (tertiary/aromatic N) is 3. The van der Waals surface area contributed by atoms with E-state index in [1.165, 1.54) is 6.07 Å². The van der Waals surface area contributed by atoms with E-state index in [4.69, 9.17) is 0 Å². The zero-order valence-electron chi connectivity index (χ0n) is 11.7. The molecule has 0 atom stereocenters. The first-order chi connectivity index (χ1) is 9.68. The van der Waals surface area contributed by atoms with Gasteiger partial charge < -0.3 is 4.90 Å². The minimum atomic E-state index is -4.37. The Morgan fingerprint density at radius 2 is 1.62 bits per heavy atom. The van der Waals surface area contributed by atoms with Crippen LogP contribution in [0.25, 0.3) is 0 Å². The molecule has 0 saturated carbocycles. The minimum absolute atomic E-state index is 0.336. The van der Waals surface area contributed by atoms with Crippen molar-refractivity contribution in [2.75, 3.05) is 11.9 Å². The highest BCUT2D eigenvalue weighted by Gasteiger charge is 2.31. The fourth-order valence-electron chi connectivity index (χ4n) is 1.92. The molecule has 0 fully saturated rings. The summed E-state index contributed by atoms with van der Waals surface area (Å²) >= 11 is 3.18. The van der Waals surface area contributed by atoms with Gasteiger partial charge in [0.15, 0.2) is 0 Å². The maximum absolute atomic E-state index is 12.7. The van der Waals surface area contributed by atoms with Crippen LogP contribution in [0.1, 0.15) is 17.0 Å². The van der Waals surface area contributed by atoms with Crippen LogP contribution in [-0.4, -0.2) is 17.0 Å². The molecule has 112 valence electrons. The van der Waals surface area contributed by atoms with Gasteiger partial charge in [0.05, 0.1) is 11.3 Å². The van der Waals surface area contributed by atoms with Gasteiger partial charge in [0.2, 0.25) is 5.95 Å². The molecule has 0 bridgehead atoms. The van der Waals surface area contributed by atoms with Crippen LogP contribution in [-0.2, 0) is 6.18 Å². The van der Waals surface area contributed by atoms with Crippen molar-refractivity contribution < 1.29 is 13.2 Å². The van der Waals surface area contributed by atoms with E-state index in [0.29, 0.717) is 16.1 Å². The van der Waals surface area contributed by atoms with Crippen molar-refractivity contribution in [2.45, 2.75) is 20.0 Å². The molecule has 0 spiro atoms. The Bertz CT molecular complexity index is 651. The summed E-state index contributed by atoms with van der Waals surface area (Å²) in [6.07, 6.45) is -4.37. The molecule has 7 heteroatoms. The maximum Gasteiger partial charge on any atom is 0.416 e. The topological polar surface area (TPSA) is 29.0 Å². The molecular formula is C14H13BrF3N3. The molecule has 0 aliphatic carbocycles. The Balaban J connectivity index is 2.42. The van der Waals surface area contributed by atoms with Crippen molar-refractivity contribution in [3.63, 3.8) is 0 Å². The van der Waals surface area contributed by atoms with Gasteiger partial charge in [-0.1, -0.05) is 0 Å². The van der Waals surface area contributed by atoms with Crippen molar-refractivity contribution in [2.24, 2.45) is 0 Å². The highest BCUT2D eigenvalue weighted by Crippen LogP contribution is 2.36. The van der Waals surface area contributed by atoms with Gasteiger partial charge in [-0.05, 0) is 54.0 Å². The van der Waals surface area contributed by atoms with Crippen LogP contribution in [0, 0.1) is 13.8 Å². The summed E-state index contributed by atoms with van der Waals surface area (Å²) in [5, 5.41) is 0. The van der Waals surface area contributed by atoms with Crippen molar-refractivity contribution in [3.8, 4) is 0 Å². The molecule has 1 heterocycles. The standard InChI is InChI=1S/C14H13BrF3N3/c1-8-6-9(2)20-13(19-8)21(3)12-5-4-10(7-11(12)15)14(16,17)18/h4-7H,1-3H3. The molecule has 3 nitrogen and oxygen atoms in total. The van der Waals surface area contributed by atoms with Crippen LogP contribution >= 0.6 is 15.9 Å². The third kappa shape index (κ3) is 3.53. The first-order valence-corrected chi connectivity index (χ1v) is 6.90. The summed E-state index contributed by atoms with van der Waals surface area (Å²) < 4.78 is 38.3. The zero-order chi connectivity index (χ0) is 15.8. The first-order valence-electron chi connectivity index (χ1n) is 6.11. The van der Waals surface area contributed by atoms with Gasteiger partial charge in [0, 0.05) is 22.9 Å². The Kier molecular flexibility index (Phi) is 4.22. The summed E-state index contributed by atoms with van der Waals surface area (Å²) in [5.41, 5.74) is 1.46. The lowest BCUT2D eigenvalue weighted by Gasteiger charge is -2.20. The minimum Gasteiger partial charge on any atom is -0.312 e. The van der Waals surface area contributed by atoms with Crippen LogP contribution < -0.4 is 4.90 Å². The molecule has 0 unspecified atom stereocenters. The number of benzene rings is 1. The number of aryl methyl sites for hydroxylation is 2. The quantitative estimate of drug-likeness (QED) is 0.781.